The van der Waals surface area contributed by atoms with Crippen molar-refractivity contribution in [3.05, 3.63) is 169 Å². The van der Waals surface area contributed by atoms with Gasteiger partial charge in [0, 0.05) is 10.8 Å². The number of benzene rings is 9. The highest BCUT2D eigenvalue weighted by molar-refractivity contribution is 6.25. The highest BCUT2D eigenvalue weighted by Gasteiger charge is 2.20. The SMILES string of the molecule is [2H]c1c([2H])c(-c2c3c([2H])c([2H])c([2H])c([2H])c3c(-c3c([2H])c([2H])c([2H])c4oc5c([2H])c([2H])c([2H])c([2H])c5c34)c3c([2H])c([2H])c([2H])c([2H])c23)c([2H])c([2H])c1-c1c([2H])c([2H])c2c([2H])c([2H])c3c([2H])c([2H])c([2H])c([2H])c3c2c1[2H]. The first-order valence-electron chi connectivity index (χ1n) is 27.9. The fraction of sp³-hybridized carbons (Fsp3) is 0. The molecule has 10 rings (SSSR count). The summed E-state index contributed by atoms with van der Waals surface area (Å²) in [5.41, 5.74) is -5.82. The van der Waals surface area contributed by atoms with E-state index in [9.17, 15) is 13.7 Å². The van der Waals surface area contributed by atoms with Gasteiger partial charge in [0.25, 0.3) is 0 Å². The van der Waals surface area contributed by atoms with Gasteiger partial charge in [-0.2, -0.15) is 0 Å². The van der Waals surface area contributed by atoms with Gasteiger partial charge in [-0.1, -0.05) is 151 Å². The Morgan fingerprint density at radius 2 is 0.851 bits per heavy atom. The molecule has 0 saturated heterocycles. The zero-order valence-electron chi connectivity index (χ0n) is 51.4. The summed E-state index contributed by atoms with van der Waals surface area (Å²) in [6, 6.07) is -25.7. The van der Waals surface area contributed by atoms with Gasteiger partial charge >= 0.3 is 0 Å². The topological polar surface area (TPSA) is 13.1 Å². The number of hydrogen-bond donors (Lipinski definition) is 0. The van der Waals surface area contributed by atoms with Gasteiger partial charge in [-0.3, -0.25) is 0 Å². The lowest BCUT2D eigenvalue weighted by Gasteiger charge is -2.18. The molecule has 9 aromatic carbocycles. The smallest absolute Gasteiger partial charge is 0.136 e. The molecule has 1 aromatic heterocycles. The second-order valence-corrected chi connectivity index (χ2v) is 10.3. The quantitative estimate of drug-likeness (QED) is 0.141. The number of para-hydroxylation sites is 1. The largest absolute Gasteiger partial charge is 0.456 e. The number of hydrogen-bond acceptors (Lipinski definition) is 1. The fourth-order valence-electron chi connectivity index (χ4n) is 5.77. The molecule has 0 unspecified atom stereocenters. The minimum atomic E-state index is -1.12. The molecule has 1 heterocycles. The molecule has 47 heavy (non-hydrogen) atoms. The van der Waals surface area contributed by atoms with Crippen molar-refractivity contribution in [2.24, 2.45) is 0 Å². The minimum Gasteiger partial charge on any atom is -0.456 e. The van der Waals surface area contributed by atoms with Crippen molar-refractivity contribution in [2.75, 3.05) is 0 Å². The normalized spacial score (nSPS) is 20.2. The monoisotopic (exact) mass is 624 g/mol. The lowest BCUT2D eigenvalue weighted by molar-refractivity contribution is 0.669. The average molecular weight is 625 g/mol. The molecule has 1 heteroatoms. The van der Waals surface area contributed by atoms with Crippen molar-refractivity contribution in [1.82, 2.24) is 0 Å². The van der Waals surface area contributed by atoms with Crippen molar-refractivity contribution >= 4 is 65.0 Å². The van der Waals surface area contributed by atoms with Crippen molar-refractivity contribution in [3.63, 3.8) is 0 Å². The average Bonchev–Trinajstić information content (AvgIpc) is 3.80. The third kappa shape index (κ3) is 3.97. The highest BCUT2D eigenvalue weighted by atomic mass is 16.3. The van der Waals surface area contributed by atoms with Gasteiger partial charge < -0.3 is 4.42 Å². The standard InChI is InChI=1S/C46H28O/c1-2-11-34-30(10-1)22-23-31-24-27-33(28-41(31)34)29-20-25-32(26-21-29)44-35-12-3-5-14-37(35)45(38-15-6-4-13-36(38)44)40-17-9-19-43-46(40)39-16-7-8-18-42(39)47-43/h1-28H/i1D,2D,3D,4D,5D,6D,7D,8D,9D,10D,11D,12D,13D,14D,15D,16D,17D,18D,19D,20D,21D,22D,23D,24D,25D,26D,27D,28D. The van der Waals surface area contributed by atoms with Crippen LogP contribution >= 0.6 is 0 Å². The maximum Gasteiger partial charge on any atom is 0.136 e. The van der Waals surface area contributed by atoms with Gasteiger partial charge in [-0.05, 0) is 94.6 Å². The van der Waals surface area contributed by atoms with Crippen LogP contribution in [0.15, 0.2) is 174 Å². The van der Waals surface area contributed by atoms with Gasteiger partial charge in [0.15, 0.2) is 0 Å². The van der Waals surface area contributed by atoms with E-state index in [1.165, 1.54) is 0 Å². The molecule has 0 bridgehead atoms. The molecule has 218 valence electrons. The summed E-state index contributed by atoms with van der Waals surface area (Å²) < 4.78 is 258. The molecule has 0 amide bonds. The van der Waals surface area contributed by atoms with Crippen LogP contribution in [0.3, 0.4) is 0 Å². The fourth-order valence-corrected chi connectivity index (χ4v) is 5.77. The molecule has 0 aliphatic carbocycles. The van der Waals surface area contributed by atoms with Gasteiger partial charge in [-0.25, -0.2) is 0 Å². The predicted octanol–water partition coefficient (Wildman–Crippen LogP) is 13.2. The lowest BCUT2D eigenvalue weighted by atomic mass is 9.84. The van der Waals surface area contributed by atoms with Crippen molar-refractivity contribution < 1.29 is 42.8 Å². The predicted molar refractivity (Wildman–Crippen MR) is 200 cm³/mol. The van der Waals surface area contributed by atoms with Crippen LogP contribution in [-0.4, -0.2) is 0 Å². The van der Waals surface area contributed by atoms with E-state index < -0.39 is 268 Å². The Morgan fingerprint density at radius 1 is 0.340 bits per heavy atom. The number of rotatable bonds is 3. The molecular formula is C46H28O. The molecule has 0 aliphatic rings. The Morgan fingerprint density at radius 3 is 1.57 bits per heavy atom. The zero-order chi connectivity index (χ0) is 55.3. The molecule has 10 aromatic rings. The van der Waals surface area contributed by atoms with Crippen molar-refractivity contribution in [2.45, 2.75) is 0 Å². The van der Waals surface area contributed by atoms with Gasteiger partial charge in [-0.15, -0.1) is 0 Å². The first-order chi connectivity index (χ1) is 35.0. The third-order valence-corrected chi connectivity index (χ3v) is 7.76. The maximum atomic E-state index is 9.62. The van der Waals surface area contributed by atoms with Crippen LogP contribution in [0.25, 0.3) is 98.4 Å². The summed E-state index contributed by atoms with van der Waals surface area (Å²) >= 11 is 0. The molecule has 0 fully saturated rings. The van der Waals surface area contributed by atoms with Crippen LogP contribution in [-0.2, 0) is 0 Å². The molecule has 0 saturated carbocycles. The van der Waals surface area contributed by atoms with E-state index in [1.54, 1.807) is 0 Å². The van der Waals surface area contributed by atoms with Gasteiger partial charge in [0.05, 0.1) is 38.4 Å². The zero-order valence-corrected chi connectivity index (χ0v) is 23.4. The van der Waals surface area contributed by atoms with E-state index in [4.69, 9.17) is 29.1 Å². The van der Waals surface area contributed by atoms with Gasteiger partial charge in [0.1, 0.15) is 11.2 Å². The Balaban J connectivity index is 1.45. The summed E-state index contributed by atoms with van der Waals surface area (Å²) in [6.45, 7) is 0. The van der Waals surface area contributed by atoms with E-state index in [2.05, 4.69) is 0 Å². The summed E-state index contributed by atoms with van der Waals surface area (Å²) in [5, 5.41) is -6.08. The molecule has 0 radical (unpaired) electrons. The maximum absolute atomic E-state index is 9.62. The van der Waals surface area contributed by atoms with Crippen LogP contribution < -0.4 is 0 Å². The second kappa shape index (κ2) is 10.2. The summed E-state index contributed by atoms with van der Waals surface area (Å²) in [7, 11) is 0. The van der Waals surface area contributed by atoms with E-state index in [-0.39, 0.29) is 0 Å². The van der Waals surface area contributed by atoms with E-state index in [0.29, 0.717) is 0 Å². The van der Waals surface area contributed by atoms with E-state index in [0.717, 1.165) is 0 Å². The Labute approximate surface area is 311 Å². The van der Waals surface area contributed by atoms with Crippen LogP contribution in [0, 0.1) is 0 Å². The molecular weight excluding hydrogens is 569 g/mol. The Kier molecular flexibility index (Phi) is 2.31. The summed E-state index contributed by atoms with van der Waals surface area (Å²) in [5.74, 6) is 0. The van der Waals surface area contributed by atoms with Crippen LogP contribution in [0.2, 0.25) is 0 Å². The number of furan rings is 1. The van der Waals surface area contributed by atoms with Crippen LogP contribution in [0.4, 0.5) is 0 Å². The molecule has 0 spiro atoms. The molecule has 0 atom stereocenters. The van der Waals surface area contributed by atoms with E-state index >= 15 is 0 Å². The summed E-state index contributed by atoms with van der Waals surface area (Å²) in [6.07, 6.45) is 0. The second-order valence-electron chi connectivity index (χ2n) is 10.3. The highest BCUT2D eigenvalue weighted by Crippen LogP contribution is 2.47. The molecule has 0 N–H and O–H groups in total. The van der Waals surface area contributed by atoms with Gasteiger partial charge in [0.2, 0.25) is 0 Å². The van der Waals surface area contributed by atoms with Crippen molar-refractivity contribution in [1.29, 1.82) is 0 Å². The van der Waals surface area contributed by atoms with E-state index in [1.807, 2.05) is 0 Å². The molecule has 1 nitrogen and oxygen atoms in total. The molecule has 0 aliphatic heterocycles. The Hall–Kier alpha value is -6.18. The summed E-state index contributed by atoms with van der Waals surface area (Å²) in [4.78, 5) is 0. The first-order valence-corrected chi connectivity index (χ1v) is 13.9. The minimum absolute atomic E-state index is 0.477. The van der Waals surface area contributed by atoms with Crippen LogP contribution in [0.5, 0.6) is 0 Å². The Bertz CT molecular complexity index is 4330. The first kappa shape index (κ1) is 10.7. The number of fused-ring (bicyclic) bond motifs is 8. The van der Waals surface area contributed by atoms with Crippen molar-refractivity contribution in [3.8, 4) is 33.4 Å². The van der Waals surface area contributed by atoms with Crippen LogP contribution in [0.1, 0.15) is 38.4 Å². The third-order valence-electron chi connectivity index (χ3n) is 7.76. The lowest BCUT2D eigenvalue weighted by Crippen LogP contribution is -1.91.